The third-order valence-electron chi connectivity index (χ3n) is 9.34. The van der Waals surface area contributed by atoms with Gasteiger partial charge in [0.05, 0.1) is 6.54 Å². The smallest absolute Gasteiger partial charge is 0.251 e. The van der Waals surface area contributed by atoms with Crippen molar-refractivity contribution in [1.29, 1.82) is 0 Å². The van der Waals surface area contributed by atoms with Gasteiger partial charge in [0.1, 0.15) is 36.8 Å². The minimum Gasteiger partial charge on any atom is -0.492 e. The van der Waals surface area contributed by atoms with Crippen LogP contribution >= 0.6 is 0 Å². The minimum atomic E-state index is -1.19. The molecule has 0 fully saturated rings. The van der Waals surface area contributed by atoms with Gasteiger partial charge in [0.25, 0.3) is 5.91 Å². The number of nitrogens with one attached hydrogen (secondary N) is 3. The molecule has 4 aromatic carbocycles. The fraction of sp³-hybridized carbons (Fsp3) is 0.356. The summed E-state index contributed by atoms with van der Waals surface area (Å²) in [6.45, 7) is 9.06. The maximum Gasteiger partial charge on any atom is 0.251 e. The van der Waals surface area contributed by atoms with Gasteiger partial charge in [-0.2, -0.15) is 0 Å². The van der Waals surface area contributed by atoms with E-state index in [1.54, 1.807) is 37.3 Å². The van der Waals surface area contributed by atoms with Crippen molar-refractivity contribution in [1.82, 2.24) is 20.9 Å². The molecule has 3 atom stereocenters. The lowest BCUT2D eigenvalue weighted by atomic mass is 9.94. The predicted octanol–water partition coefficient (Wildman–Crippen LogP) is 2.96. The van der Waals surface area contributed by atoms with E-state index in [1.165, 1.54) is 11.9 Å². The van der Waals surface area contributed by atoms with E-state index >= 15 is 0 Å². The summed E-state index contributed by atoms with van der Waals surface area (Å²) in [5.41, 5.74) is 27.0. The second-order valence-electron chi connectivity index (χ2n) is 14.2. The first-order valence-corrected chi connectivity index (χ1v) is 19.9. The van der Waals surface area contributed by atoms with E-state index < -0.39 is 29.8 Å². The zero-order valence-corrected chi connectivity index (χ0v) is 35.2. The summed E-state index contributed by atoms with van der Waals surface area (Å²) >= 11 is 0. The lowest BCUT2D eigenvalue weighted by Crippen LogP contribution is -2.52. The van der Waals surface area contributed by atoms with Gasteiger partial charge in [0, 0.05) is 42.9 Å². The van der Waals surface area contributed by atoms with Crippen LogP contribution in [0.1, 0.15) is 60.3 Å². The molecule has 0 aliphatic carbocycles. The van der Waals surface area contributed by atoms with Crippen LogP contribution < -0.4 is 48.4 Å². The lowest BCUT2D eigenvalue weighted by molar-refractivity contribution is -0.139. The Bertz CT molecular complexity index is 2020. The number of ether oxygens (including phenoxy) is 2. The van der Waals surface area contributed by atoms with E-state index in [2.05, 4.69) is 28.6 Å². The number of nitrogens with zero attached hydrogens (tertiary/aromatic N) is 1. The Balaban J connectivity index is 0.00000128. The van der Waals surface area contributed by atoms with Crippen molar-refractivity contribution in [2.75, 3.05) is 46.4 Å². The van der Waals surface area contributed by atoms with Gasteiger partial charge < -0.3 is 53.3 Å². The van der Waals surface area contributed by atoms with Crippen LogP contribution in [0.15, 0.2) is 84.9 Å². The van der Waals surface area contributed by atoms with E-state index in [0.717, 1.165) is 35.2 Å². The van der Waals surface area contributed by atoms with Crippen molar-refractivity contribution in [3.8, 4) is 33.8 Å². The SMILES string of the molecule is CCCN.Cc1ccc(-c2ccc(C(=O)NCC(=O)N(C)C3C(=O)N[C@@H](C)C(=O)NC(C)Cc4ccc(OCCN)c(c4)-c4cc3ccc4OCCN)cc2)cc1.NC=O. The van der Waals surface area contributed by atoms with Gasteiger partial charge in [-0.3, -0.25) is 24.0 Å². The number of carbonyl (C=O) groups excluding carboxylic acids is 5. The Morgan fingerprint density at radius 1 is 0.800 bits per heavy atom. The second kappa shape index (κ2) is 24.6. The van der Waals surface area contributed by atoms with E-state index in [1.807, 2.05) is 68.4 Å². The Labute approximate surface area is 352 Å². The topological polar surface area (TPSA) is 247 Å². The monoisotopic (exact) mass is 824 g/mol. The first kappa shape index (κ1) is 48.1. The number of fused-ring (bicyclic) bond motifs is 5. The molecule has 0 saturated carbocycles. The minimum absolute atomic E-state index is 0.238. The zero-order valence-electron chi connectivity index (χ0n) is 35.2. The first-order chi connectivity index (χ1) is 28.8. The molecule has 0 spiro atoms. The van der Waals surface area contributed by atoms with Crippen LogP contribution in [-0.2, 0) is 25.6 Å². The Morgan fingerprint density at radius 3 is 1.88 bits per heavy atom. The van der Waals surface area contributed by atoms with E-state index in [4.69, 9.17) is 31.5 Å². The van der Waals surface area contributed by atoms with Gasteiger partial charge in [0.15, 0.2) is 0 Å². The van der Waals surface area contributed by atoms with Crippen molar-refractivity contribution >= 4 is 30.0 Å². The van der Waals surface area contributed by atoms with Crippen molar-refractivity contribution in [3.63, 3.8) is 0 Å². The molecule has 11 N–H and O–H groups in total. The Morgan fingerprint density at radius 2 is 1.33 bits per heavy atom. The average molecular weight is 825 g/mol. The summed E-state index contributed by atoms with van der Waals surface area (Å²) in [4.78, 5) is 64.0. The fourth-order valence-electron chi connectivity index (χ4n) is 6.20. The molecular formula is C45H60N8O7. The summed E-state index contributed by atoms with van der Waals surface area (Å²) < 4.78 is 12.1. The zero-order chi connectivity index (χ0) is 44.2. The number of carbonyl (C=O) groups is 5. The molecule has 1 aliphatic heterocycles. The summed E-state index contributed by atoms with van der Waals surface area (Å²) in [6.07, 6.45) is 1.86. The molecule has 1 heterocycles. The molecule has 15 heteroatoms. The van der Waals surface area contributed by atoms with Crippen molar-refractivity contribution in [3.05, 3.63) is 107 Å². The molecule has 0 saturated heterocycles. The summed E-state index contributed by atoms with van der Waals surface area (Å²) in [6, 6.07) is 23.8. The Hall–Kier alpha value is -6.29. The molecule has 15 nitrogen and oxygen atoms in total. The molecule has 60 heavy (non-hydrogen) atoms. The van der Waals surface area contributed by atoms with Crippen molar-refractivity contribution in [2.24, 2.45) is 22.9 Å². The highest BCUT2D eigenvalue weighted by atomic mass is 16.5. The van der Waals surface area contributed by atoms with Crippen LogP contribution in [0.5, 0.6) is 11.5 Å². The Kier molecular flexibility index (Phi) is 19.7. The van der Waals surface area contributed by atoms with Gasteiger partial charge in [-0.25, -0.2) is 0 Å². The fourth-order valence-corrected chi connectivity index (χ4v) is 6.20. The van der Waals surface area contributed by atoms with E-state index in [9.17, 15) is 19.2 Å². The standard InChI is InChI=1S/C41H48N6O6.C3H9N.CH3NO/c1-25-5-8-29(9-6-25)30-10-12-31(13-11-30)40(50)44-24-37(48)47(4)38-32-14-16-36(53-20-18-43)34(23-32)33-22-28(7-15-35(33)52-19-17-42)21-26(2)45-39(49)27(3)46-41(38)51;1-2-3-4;2-1-3/h5-16,22-23,26-27,38H,17-21,24,42-43H2,1-4H3,(H,44,50)(H,45,49)(H,46,51);2-4H2,1H3;1H,(H2,2,3)/t26?,27-,38?;;/m0../s1. The van der Waals surface area contributed by atoms with Gasteiger partial charge in [-0.15, -0.1) is 0 Å². The van der Waals surface area contributed by atoms with E-state index in [-0.39, 0.29) is 44.7 Å². The first-order valence-electron chi connectivity index (χ1n) is 19.9. The van der Waals surface area contributed by atoms with Crippen LogP contribution in [0.4, 0.5) is 0 Å². The maximum absolute atomic E-state index is 14.1. The number of hydrogen-bond acceptors (Lipinski definition) is 10. The van der Waals surface area contributed by atoms with Crippen LogP contribution in [0, 0.1) is 6.92 Å². The molecular weight excluding hydrogens is 765 g/mol. The van der Waals surface area contributed by atoms with E-state index in [0.29, 0.717) is 46.7 Å². The number of likely N-dealkylation sites (N-methyl/N-ethyl adjacent to an activating group) is 1. The second-order valence-corrected chi connectivity index (χ2v) is 14.2. The average Bonchev–Trinajstić information content (AvgIpc) is 3.24. The summed E-state index contributed by atoms with van der Waals surface area (Å²) in [7, 11) is 1.49. The number of benzene rings is 4. The van der Waals surface area contributed by atoms with Gasteiger partial charge in [0.2, 0.25) is 24.1 Å². The molecule has 0 radical (unpaired) electrons. The lowest BCUT2D eigenvalue weighted by Gasteiger charge is -2.30. The third kappa shape index (κ3) is 13.9. The number of hydrogen-bond donors (Lipinski definition) is 7. The normalized spacial score (nSPS) is 15.8. The van der Waals surface area contributed by atoms with Crippen molar-refractivity contribution in [2.45, 2.75) is 58.7 Å². The highest BCUT2D eigenvalue weighted by Gasteiger charge is 2.32. The molecule has 5 rings (SSSR count). The number of nitrogens with two attached hydrogens (primary N) is 4. The van der Waals surface area contributed by atoms with Gasteiger partial charge in [-0.05, 0) is 98.8 Å². The molecule has 4 bridgehead atoms. The van der Waals surface area contributed by atoms with Crippen LogP contribution in [0.25, 0.3) is 22.3 Å². The molecule has 4 aromatic rings. The predicted molar refractivity (Wildman–Crippen MR) is 234 cm³/mol. The number of aryl methyl sites for hydroxylation is 1. The molecule has 1 aliphatic rings. The number of amides is 5. The van der Waals surface area contributed by atoms with Crippen LogP contribution in [0.3, 0.4) is 0 Å². The summed E-state index contributed by atoms with van der Waals surface area (Å²) in [5.74, 6) is -0.867. The van der Waals surface area contributed by atoms with Gasteiger partial charge >= 0.3 is 0 Å². The number of primary amides is 1. The number of rotatable bonds is 12. The molecule has 2 unspecified atom stereocenters. The quantitative estimate of drug-likeness (QED) is 0.103. The molecule has 0 aromatic heterocycles. The maximum atomic E-state index is 14.1. The largest absolute Gasteiger partial charge is 0.492 e. The molecule has 5 amide bonds. The van der Waals surface area contributed by atoms with Crippen LogP contribution in [-0.4, -0.2) is 93.5 Å². The van der Waals surface area contributed by atoms with Gasteiger partial charge in [-0.1, -0.05) is 61.0 Å². The highest BCUT2D eigenvalue weighted by Crippen LogP contribution is 2.40. The van der Waals surface area contributed by atoms with Crippen LogP contribution in [0.2, 0.25) is 0 Å². The highest BCUT2D eigenvalue weighted by molar-refractivity contribution is 5.98. The van der Waals surface area contributed by atoms with Crippen molar-refractivity contribution < 1.29 is 33.4 Å². The molecule has 322 valence electrons. The summed E-state index contributed by atoms with van der Waals surface area (Å²) in [5, 5.41) is 8.45. The third-order valence-corrected chi connectivity index (χ3v) is 9.34.